The molecule has 1 heterocycles. The molecule has 4 rings (SSSR count). The fourth-order valence-electron chi connectivity index (χ4n) is 3.47. The first-order valence-corrected chi connectivity index (χ1v) is 12.4. The number of thiazole rings is 1. The lowest BCUT2D eigenvalue weighted by molar-refractivity contribution is 0.398. The van der Waals surface area contributed by atoms with Crippen molar-refractivity contribution in [2.45, 2.75) is 18.0 Å². The predicted octanol–water partition coefficient (Wildman–Crippen LogP) is 4.59. The summed E-state index contributed by atoms with van der Waals surface area (Å²) in [6.07, 6.45) is 0. The molecule has 1 aromatic heterocycles. The van der Waals surface area contributed by atoms with Crippen LogP contribution in [-0.4, -0.2) is 31.4 Å². The van der Waals surface area contributed by atoms with Gasteiger partial charge in [0.05, 0.1) is 28.8 Å². The molecular formula is C23H21ClN2O4S2. The first-order valence-electron chi connectivity index (χ1n) is 9.75. The molecule has 3 aromatic carbocycles. The Morgan fingerprint density at radius 2 is 1.78 bits per heavy atom. The van der Waals surface area contributed by atoms with E-state index in [4.69, 9.17) is 16.3 Å². The lowest BCUT2D eigenvalue weighted by Gasteiger charge is -2.19. The van der Waals surface area contributed by atoms with Crippen LogP contribution in [-0.2, 0) is 23.1 Å². The number of nitrogens with zero attached hydrogens (tertiary/aromatic N) is 2. The van der Waals surface area contributed by atoms with Gasteiger partial charge in [-0.15, -0.1) is 0 Å². The van der Waals surface area contributed by atoms with Gasteiger partial charge in [-0.2, -0.15) is 4.31 Å². The Balaban J connectivity index is 1.64. The normalized spacial score (nSPS) is 11.9. The van der Waals surface area contributed by atoms with Gasteiger partial charge in [0.1, 0.15) is 5.75 Å². The highest BCUT2D eigenvalue weighted by atomic mass is 35.5. The highest BCUT2D eigenvalue weighted by molar-refractivity contribution is 7.89. The second-order valence-electron chi connectivity index (χ2n) is 7.28. The number of aromatic nitrogens is 1. The zero-order chi connectivity index (χ0) is 22.9. The summed E-state index contributed by atoms with van der Waals surface area (Å²) in [5.74, 6) is 0.627. The van der Waals surface area contributed by atoms with E-state index in [2.05, 4.69) is 0 Å². The monoisotopic (exact) mass is 488 g/mol. The number of hydrogen-bond acceptors (Lipinski definition) is 5. The zero-order valence-corrected chi connectivity index (χ0v) is 19.9. The first kappa shape index (κ1) is 22.5. The maximum absolute atomic E-state index is 13.2. The van der Waals surface area contributed by atoms with Gasteiger partial charge >= 0.3 is 4.87 Å². The number of fused-ring (bicyclic) bond motifs is 1. The number of halogens is 1. The molecule has 4 aromatic rings. The molecule has 0 fully saturated rings. The summed E-state index contributed by atoms with van der Waals surface area (Å²) in [5.41, 5.74) is 2.40. The van der Waals surface area contributed by atoms with Crippen LogP contribution >= 0.6 is 22.9 Å². The van der Waals surface area contributed by atoms with E-state index in [1.54, 1.807) is 48.1 Å². The molecular weight excluding hydrogens is 468 g/mol. The van der Waals surface area contributed by atoms with Gasteiger partial charge in [-0.25, -0.2) is 8.42 Å². The maximum atomic E-state index is 13.2. The third-order valence-corrected chi connectivity index (χ3v) is 8.18. The molecule has 6 nitrogen and oxygen atoms in total. The lowest BCUT2D eigenvalue weighted by Crippen LogP contribution is -2.26. The van der Waals surface area contributed by atoms with Crippen molar-refractivity contribution in [2.24, 2.45) is 0 Å². The smallest absolute Gasteiger partial charge is 0.308 e. The van der Waals surface area contributed by atoms with Crippen molar-refractivity contribution in [1.29, 1.82) is 0 Å². The van der Waals surface area contributed by atoms with Gasteiger partial charge < -0.3 is 4.74 Å². The molecule has 0 aliphatic rings. The van der Waals surface area contributed by atoms with Gasteiger partial charge in [-0.05, 0) is 42.0 Å². The first-order chi connectivity index (χ1) is 15.3. The Morgan fingerprint density at radius 3 is 2.50 bits per heavy atom. The van der Waals surface area contributed by atoms with E-state index in [1.807, 2.05) is 30.3 Å². The van der Waals surface area contributed by atoms with Crippen molar-refractivity contribution in [3.8, 4) is 5.75 Å². The van der Waals surface area contributed by atoms with E-state index in [0.717, 1.165) is 22.5 Å². The standard InChI is InChI=1S/C23H21ClN2O4S2/c1-25(15-17-5-3-4-6-21(17)30-2)32(28,29)19-11-12-20-22(13-19)31-23(27)26(20)14-16-7-9-18(24)10-8-16/h3-13H,14-15H2,1-2H3. The fraction of sp³-hybridized carbons (Fsp3) is 0.174. The van der Waals surface area contributed by atoms with Gasteiger partial charge in [0, 0.05) is 24.2 Å². The maximum Gasteiger partial charge on any atom is 0.308 e. The molecule has 32 heavy (non-hydrogen) atoms. The van der Waals surface area contributed by atoms with E-state index < -0.39 is 10.0 Å². The quantitative estimate of drug-likeness (QED) is 0.381. The molecule has 0 amide bonds. The van der Waals surface area contributed by atoms with Gasteiger partial charge in [-0.1, -0.05) is 53.3 Å². The SMILES string of the molecule is COc1ccccc1CN(C)S(=O)(=O)c1ccc2c(c1)sc(=O)n2Cc1ccc(Cl)cc1. The Labute approximate surface area is 195 Å². The number of hydrogen-bond donors (Lipinski definition) is 0. The van der Waals surface area contributed by atoms with Crippen molar-refractivity contribution < 1.29 is 13.2 Å². The Hall–Kier alpha value is -2.65. The Kier molecular flexibility index (Phi) is 6.39. The second-order valence-corrected chi connectivity index (χ2v) is 10.8. The molecule has 0 saturated carbocycles. The van der Waals surface area contributed by atoms with E-state index in [-0.39, 0.29) is 16.3 Å². The summed E-state index contributed by atoms with van der Waals surface area (Å²) in [6.45, 7) is 0.550. The van der Waals surface area contributed by atoms with Crippen LogP contribution in [0.25, 0.3) is 10.2 Å². The molecule has 9 heteroatoms. The number of methoxy groups -OCH3 is 1. The van der Waals surface area contributed by atoms with Crippen LogP contribution in [0.4, 0.5) is 0 Å². The van der Waals surface area contributed by atoms with Crippen molar-refractivity contribution >= 4 is 43.2 Å². The third kappa shape index (κ3) is 4.45. The number of rotatable bonds is 7. The van der Waals surface area contributed by atoms with Crippen molar-refractivity contribution in [1.82, 2.24) is 8.87 Å². The number of ether oxygens (including phenoxy) is 1. The van der Waals surface area contributed by atoms with Crippen LogP contribution in [0, 0.1) is 0 Å². The van der Waals surface area contributed by atoms with Crippen molar-refractivity contribution in [2.75, 3.05) is 14.2 Å². The van der Waals surface area contributed by atoms with Crippen LogP contribution in [0.3, 0.4) is 0 Å². The molecule has 0 aliphatic heterocycles. The summed E-state index contributed by atoms with van der Waals surface area (Å²) in [6, 6.07) is 19.4. The van der Waals surface area contributed by atoms with Gasteiger partial charge in [0.2, 0.25) is 10.0 Å². The van der Waals surface area contributed by atoms with E-state index in [9.17, 15) is 13.2 Å². The summed E-state index contributed by atoms with van der Waals surface area (Å²) < 4.78 is 35.2. The molecule has 166 valence electrons. The third-order valence-electron chi connectivity index (χ3n) is 5.19. The predicted molar refractivity (Wildman–Crippen MR) is 128 cm³/mol. The van der Waals surface area contributed by atoms with Crippen LogP contribution in [0.5, 0.6) is 5.75 Å². The summed E-state index contributed by atoms with van der Waals surface area (Å²) in [7, 11) is -0.681. The van der Waals surface area contributed by atoms with Gasteiger partial charge in [0.25, 0.3) is 0 Å². The zero-order valence-electron chi connectivity index (χ0n) is 17.5. The van der Waals surface area contributed by atoms with Crippen molar-refractivity contribution in [3.63, 3.8) is 0 Å². The largest absolute Gasteiger partial charge is 0.496 e. The van der Waals surface area contributed by atoms with Gasteiger partial charge in [-0.3, -0.25) is 9.36 Å². The topological polar surface area (TPSA) is 68.6 Å². The highest BCUT2D eigenvalue weighted by Crippen LogP contribution is 2.26. The minimum atomic E-state index is -3.76. The number of para-hydroxylation sites is 1. The molecule has 0 N–H and O–H groups in total. The Morgan fingerprint density at radius 1 is 1.06 bits per heavy atom. The summed E-state index contributed by atoms with van der Waals surface area (Å²) >= 11 is 6.97. The molecule has 0 aliphatic carbocycles. The lowest BCUT2D eigenvalue weighted by atomic mass is 10.2. The van der Waals surface area contributed by atoms with E-state index in [1.165, 1.54) is 11.4 Å². The van der Waals surface area contributed by atoms with E-state index in [0.29, 0.717) is 27.5 Å². The highest BCUT2D eigenvalue weighted by Gasteiger charge is 2.23. The molecule has 0 unspecified atom stereocenters. The van der Waals surface area contributed by atoms with Gasteiger partial charge in [0.15, 0.2) is 0 Å². The number of sulfonamides is 1. The Bertz CT molecular complexity index is 1430. The molecule has 0 spiro atoms. The summed E-state index contributed by atoms with van der Waals surface area (Å²) in [4.78, 5) is 12.6. The fourth-order valence-corrected chi connectivity index (χ4v) is 5.77. The molecule has 0 saturated heterocycles. The average molecular weight is 489 g/mol. The van der Waals surface area contributed by atoms with Crippen LogP contribution < -0.4 is 9.61 Å². The van der Waals surface area contributed by atoms with E-state index >= 15 is 0 Å². The molecule has 0 bridgehead atoms. The molecule has 0 atom stereocenters. The second kappa shape index (κ2) is 9.07. The van der Waals surface area contributed by atoms with Crippen LogP contribution in [0.1, 0.15) is 11.1 Å². The minimum absolute atomic E-state index is 0.141. The van der Waals surface area contributed by atoms with Crippen molar-refractivity contribution in [3.05, 3.63) is 92.5 Å². The minimum Gasteiger partial charge on any atom is -0.496 e. The van der Waals surface area contributed by atoms with Crippen LogP contribution in [0.15, 0.2) is 76.4 Å². The number of benzene rings is 3. The van der Waals surface area contributed by atoms with Crippen LogP contribution in [0.2, 0.25) is 5.02 Å². The summed E-state index contributed by atoms with van der Waals surface area (Å²) in [5, 5.41) is 0.628. The average Bonchev–Trinajstić information content (AvgIpc) is 3.09. The molecule has 0 radical (unpaired) electrons.